The fraction of sp³-hybridized carbons (Fsp3) is 0. The summed E-state index contributed by atoms with van der Waals surface area (Å²) < 4.78 is 0. The number of hydrogen-bond donors (Lipinski definition) is 0. The topological polar surface area (TPSA) is 0 Å². The second-order valence-electron chi connectivity index (χ2n) is 5.74. The van der Waals surface area contributed by atoms with Crippen molar-refractivity contribution >= 4 is 43.1 Å². The van der Waals surface area contributed by atoms with E-state index in [1.54, 1.807) is 0 Å². The molecule has 0 saturated carbocycles. The van der Waals surface area contributed by atoms with E-state index in [9.17, 15) is 0 Å². The minimum atomic E-state index is 1.18. The molecule has 5 aromatic rings. The van der Waals surface area contributed by atoms with E-state index in [2.05, 4.69) is 84.9 Å². The third-order valence-electron chi connectivity index (χ3n) is 4.49. The van der Waals surface area contributed by atoms with Crippen LogP contribution in [0.2, 0.25) is 0 Å². The van der Waals surface area contributed by atoms with E-state index in [0.29, 0.717) is 0 Å². The number of fused-ring (bicyclic) bond motifs is 7. The molecule has 0 atom stereocenters. The van der Waals surface area contributed by atoms with Crippen LogP contribution in [-0.2, 0) is 0 Å². The van der Waals surface area contributed by atoms with E-state index in [1.165, 1.54) is 43.1 Å². The maximum Gasteiger partial charge on any atom is -0.000763 e. The first-order valence-electron chi connectivity index (χ1n) is 7.56. The summed E-state index contributed by atoms with van der Waals surface area (Å²) in [4.78, 5) is 0. The van der Waals surface area contributed by atoms with Gasteiger partial charge in [0.2, 0.25) is 0 Å². The van der Waals surface area contributed by atoms with Gasteiger partial charge >= 0.3 is 0 Å². The van der Waals surface area contributed by atoms with Crippen LogP contribution in [-0.4, -0.2) is 0 Å². The van der Waals surface area contributed by atoms with E-state index in [-0.39, 0.29) is 0 Å². The average Bonchev–Trinajstić information content (AvgIpc) is 2.61. The zero-order valence-corrected chi connectivity index (χ0v) is 12.0. The van der Waals surface area contributed by atoms with Gasteiger partial charge in [-0.3, -0.25) is 0 Å². The van der Waals surface area contributed by atoms with E-state index in [0.717, 1.165) is 0 Å². The molecule has 0 saturated heterocycles. The second-order valence-corrected chi connectivity index (χ2v) is 5.74. The van der Waals surface area contributed by atoms with Crippen LogP contribution < -0.4 is 0 Å². The molecule has 0 amide bonds. The summed E-state index contributed by atoms with van der Waals surface area (Å²) in [5.41, 5.74) is 0. The normalized spacial score (nSPS) is 11.6. The molecule has 0 aromatic heterocycles. The van der Waals surface area contributed by atoms with Gasteiger partial charge in [-0.15, -0.1) is 0 Å². The van der Waals surface area contributed by atoms with Crippen molar-refractivity contribution in [2.24, 2.45) is 0 Å². The molecule has 0 heterocycles. The van der Waals surface area contributed by atoms with Crippen molar-refractivity contribution < 1.29 is 0 Å². The van der Waals surface area contributed by atoms with Crippen molar-refractivity contribution in [1.82, 2.24) is 0 Å². The summed E-state index contributed by atoms with van der Waals surface area (Å²) in [5, 5.41) is 10.1. The molecule has 5 aromatic carbocycles. The Balaban J connectivity index is 2.17. The highest BCUT2D eigenvalue weighted by Crippen LogP contribution is 2.36. The summed E-state index contributed by atoms with van der Waals surface area (Å²) in [7, 11) is 0. The average molecular weight is 277 g/mol. The van der Waals surface area contributed by atoms with E-state index in [1.807, 2.05) is 0 Å². The summed E-state index contributed by atoms with van der Waals surface area (Å²) >= 11 is 0. The van der Waals surface area contributed by atoms with Gasteiger partial charge in [-0.25, -0.2) is 0 Å². The van der Waals surface area contributed by atoms with Gasteiger partial charge in [0.25, 0.3) is 0 Å². The smallest absolute Gasteiger partial charge is 0.000763 e. The summed E-state index contributed by atoms with van der Waals surface area (Å²) in [6.45, 7) is 0. The molecule has 0 spiro atoms. The predicted molar refractivity (Wildman–Crippen MR) is 95.3 cm³/mol. The SMILES string of the molecule is [c]1c2ccccc2cc2c1c1ccccc1c1ccccc21. The highest BCUT2D eigenvalue weighted by atomic mass is 14.1. The standard InChI is InChI=1S/C22H13/c1-2-8-16-14-22-20-12-6-4-10-18(20)17-9-3-5-11-19(17)21(22)13-15(16)7-1/h1-13H. The minimum absolute atomic E-state index is 1.18. The zero-order chi connectivity index (χ0) is 14.5. The van der Waals surface area contributed by atoms with Crippen molar-refractivity contribution in [2.45, 2.75) is 0 Å². The number of benzene rings is 5. The van der Waals surface area contributed by atoms with Crippen LogP contribution in [0.4, 0.5) is 0 Å². The molecular weight excluding hydrogens is 264 g/mol. The van der Waals surface area contributed by atoms with E-state index in [4.69, 9.17) is 0 Å². The molecule has 22 heavy (non-hydrogen) atoms. The number of rotatable bonds is 0. The fourth-order valence-corrected chi connectivity index (χ4v) is 3.48. The molecule has 0 aliphatic carbocycles. The van der Waals surface area contributed by atoms with Gasteiger partial charge in [0.05, 0.1) is 0 Å². The first-order chi connectivity index (χ1) is 10.9. The molecule has 5 rings (SSSR count). The maximum absolute atomic E-state index is 3.64. The molecule has 0 N–H and O–H groups in total. The Morgan fingerprint density at radius 1 is 0.500 bits per heavy atom. The van der Waals surface area contributed by atoms with Crippen LogP contribution in [0.15, 0.2) is 78.9 Å². The van der Waals surface area contributed by atoms with Gasteiger partial charge in [0.15, 0.2) is 0 Å². The highest BCUT2D eigenvalue weighted by Gasteiger charge is 2.08. The predicted octanol–water partition coefficient (Wildman–Crippen LogP) is 6.10. The van der Waals surface area contributed by atoms with Gasteiger partial charge in [-0.2, -0.15) is 0 Å². The van der Waals surface area contributed by atoms with Gasteiger partial charge in [-0.05, 0) is 55.2 Å². The quantitative estimate of drug-likeness (QED) is 0.237. The lowest BCUT2D eigenvalue weighted by atomic mass is 9.92. The van der Waals surface area contributed by atoms with Crippen LogP contribution in [0.1, 0.15) is 0 Å². The molecule has 0 aliphatic heterocycles. The molecule has 1 radical (unpaired) electrons. The van der Waals surface area contributed by atoms with Crippen LogP contribution in [0.25, 0.3) is 43.1 Å². The molecular formula is C22H13. The first-order valence-corrected chi connectivity index (χ1v) is 7.56. The Morgan fingerprint density at radius 3 is 1.82 bits per heavy atom. The van der Waals surface area contributed by atoms with Crippen molar-refractivity contribution in [2.75, 3.05) is 0 Å². The Labute approximate surface area is 128 Å². The molecule has 0 aliphatic rings. The second kappa shape index (κ2) is 4.32. The van der Waals surface area contributed by atoms with Crippen molar-refractivity contribution in [1.29, 1.82) is 0 Å². The first kappa shape index (κ1) is 11.8. The molecule has 0 fully saturated rings. The van der Waals surface area contributed by atoms with E-state index < -0.39 is 0 Å². The van der Waals surface area contributed by atoms with Crippen molar-refractivity contribution in [3.05, 3.63) is 84.9 Å². The van der Waals surface area contributed by atoms with Gasteiger partial charge < -0.3 is 0 Å². The summed E-state index contributed by atoms with van der Waals surface area (Å²) in [5.74, 6) is 0. The van der Waals surface area contributed by atoms with Gasteiger partial charge in [-0.1, -0.05) is 72.8 Å². The van der Waals surface area contributed by atoms with Gasteiger partial charge in [0.1, 0.15) is 0 Å². The summed E-state index contributed by atoms with van der Waals surface area (Å²) in [6, 6.07) is 31.7. The van der Waals surface area contributed by atoms with E-state index >= 15 is 0 Å². The Hall–Kier alpha value is -2.86. The van der Waals surface area contributed by atoms with Crippen LogP contribution in [0.3, 0.4) is 0 Å². The van der Waals surface area contributed by atoms with Crippen molar-refractivity contribution in [3.8, 4) is 0 Å². The monoisotopic (exact) mass is 277 g/mol. The Morgan fingerprint density at radius 2 is 1.05 bits per heavy atom. The lowest BCUT2D eigenvalue weighted by molar-refractivity contribution is 1.77. The third-order valence-corrected chi connectivity index (χ3v) is 4.49. The Kier molecular flexibility index (Phi) is 2.31. The largest absolute Gasteiger partial charge is 0.0616 e. The maximum atomic E-state index is 3.64. The van der Waals surface area contributed by atoms with Crippen LogP contribution in [0.5, 0.6) is 0 Å². The lowest BCUT2D eigenvalue weighted by Crippen LogP contribution is -1.84. The molecule has 101 valence electrons. The van der Waals surface area contributed by atoms with Crippen LogP contribution in [0, 0.1) is 6.07 Å². The lowest BCUT2D eigenvalue weighted by Gasteiger charge is -2.11. The zero-order valence-electron chi connectivity index (χ0n) is 12.0. The highest BCUT2D eigenvalue weighted by molar-refractivity contribution is 6.26. The molecule has 0 nitrogen and oxygen atoms in total. The fourth-order valence-electron chi connectivity index (χ4n) is 3.48. The molecule has 0 bridgehead atoms. The molecule has 0 heteroatoms. The third kappa shape index (κ3) is 1.52. The van der Waals surface area contributed by atoms with Gasteiger partial charge in [0, 0.05) is 0 Å². The van der Waals surface area contributed by atoms with Crippen LogP contribution >= 0.6 is 0 Å². The number of hydrogen-bond acceptors (Lipinski definition) is 0. The summed E-state index contributed by atoms with van der Waals surface area (Å²) in [6.07, 6.45) is 0. The minimum Gasteiger partial charge on any atom is -0.0616 e. The Bertz CT molecular complexity index is 1070. The molecule has 0 unspecified atom stereocenters. The van der Waals surface area contributed by atoms with Crippen molar-refractivity contribution in [3.63, 3.8) is 0 Å².